The van der Waals surface area contributed by atoms with Gasteiger partial charge in [0.1, 0.15) is 10.7 Å². The molecular formula is C12H10N6OS. The number of aromatic nitrogens is 5. The summed E-state index contributed by atoms with van der Waals surface area (Å²) in [6.45, 7) is 0.216. The number of nitrogens with one attached hydrogen (secondary N) is 2. The molecule has 2 heterocycles. The molecule has 2 N–H and O–H groups in total. The van der Waals surface area contributed by atoms with E-state index in [-0.39, 0.29) is 12.5 Å². The first kappa shape index (κ1) is 12.4. The summed E-state index contributed by atoms with van der Waals surface area (Å²) in [4.78, 5) is 16.3. The van der Waals surface area contributed by atoms with Gasteiger partial charge in [0, 0.05) is 10.9 Å². The van der Waals surface area contributed by atoms with Crippen LogP contribution in [0.4, 0.5) is 0 Å². The summed E-state index contributed by atoms with van der Waals surface area (Å²) in [6, 6.07) is 9.73. The number of nitrogens with zero attached hydrogens (tertiary/aromatic N) is 4. The molecule has 0 saturated carbocycles. The van der Waals surface area contributed by atoms with E-state index in [4.69, 9.17) is 0 Å². The molecule has 0 atom stereocenters. The van der Waals surface area contributed by atoms with Crippen molar-refractivity contribution in [2.45, 2.75) is 6.54 Å². The minimum Gasteiger partial charge on any atom is -0.343 e. The van der Waals surface area contributed by atoms with Crippen LogP contribution in [0.2, 0.25) is 0 Å². The van der Waals surface area contributed by atoms with Crippen LogP contribution >= 0.6 is 11.3 Å². The van der Waals surface area contributed by atoms with Gasteiger partial charge < -0.3 is 5.32 Å². The van der Waals surface area contributed by atoms with E-state index in [0.717, 1.165) is 10.6 Å². The van der Waals surface area contributed by atoms with E-state index in [1.807, 2.05) is 30.3 Å². The predicted octanol–water partition coefficient (Wildman–Crippen LogP) is 1.25. The van der Waals surface area contributed by atoms with Crippen LogP contribution in [0.1, 0.15) is 16.3 Å². The number of benzene rings is 1. The summed E-state index contributed by atoms with van der Waals surface area (Å²) in [6.07, 6.45) is 0. The minimum absolute atomic E-state index is 0.216. The van der Waals surface area contributed by atoms with E-state index in [0.29, 0.717) is 11.5 Å². The molecule has 2 aromatic heterocycles. The molecule has 0 spiro atoms. The molecule has 0 aliphatic rings. The van der Waals surface area contributed by atoms with Crippen molar-refractivity contribution in [3.63, 3.8) is 0 Å². The lowest BCUT2D eigenvalue weighted by atomic mass is 10.2. The molecule has 0 saturated heterocycles. The van der Waals surface area contributed by atoms with Crippen LogP contribution in [-0.2, 0) is 6.54 Å². The molecule has 20 heavy (non-hydrogen) atoms. The van der Waals surface area contributed by atoms with Gasteiger partial charge in [0.25, 0.3) is 5.91 Å². The topological polar surface area (TPSA) is 96.5 Å². The molecule has 100 valence electrons. The lowest BCUT2D eigenvalue weighted by molar-refractivity contribution is 0.0945. The highest BCUT2D eigenvalue weighted by molar-refractivity contribution is 7.13. The third-order valence-corrected chi connectivity index (χ3v) is 3.45. The highest BCUT2D eigenvalue weighted by Crippen LogP contribution is 2.23. The van der Waals surface area contributed by atoms with Gasteiger partial charge in [0.2, 0.25) is 0 Å². The fourth-order valence-corrected chi connectivity index (χ4v) is 2.40. The summed E-state index contributed by atoms with van der Waals surface area (Å²) >= 11 is 1.43. The molecule has 1 amide bonds. The molecule has 1 aromatic carbocycles. The van der Waals surface area contributed by atoms with Gasteiger partial charge in [-0.2, -0.15) is 5.21 Å². The molecule has 7 nitrogen and oxygen atoms in total. The Bertz CT molecular complexity index is 694. The van der Waals surface area contributed by atoms with E-state index < -0.39 is 0 Å². The monoisotopic (exact) mass is 286 g/mol. The molecule has 0 radical (unpaired) electrons. The second-order valence-electron chi connectivity index (χ2n) is 3.91. The second-order valence-corrected chi connectivity index (χ2v) is 4.77. The summed E-state index contributed by atoms with van der Waals surface area (Å²) in [5.41, 5.74) is 1.38. The number of rotatable bonds is 4. The van der Waals surface area contributed by atoms with Crippen LogP contribution < -0.4 is 5.32 Å². The van der Waals surface area contributed by atoms with Crippen molar-refractivity contribution in [1.82, 2.24) is 30.9 Å². The highest BCUT2D eigenvalue weighted by atomic mass is 32.1. The van der Waals surface area contributed by atoms with Crippen LogP contribution in [0.25, 0.3) is 10.6 Å². The third kappa shape index (κ3) is 2.69. The molecule has 0 aliphatic carbocycles. The van der Waals surface area contributed by atoms with E-state index in [9.17, 15) is 4.79 Å². The summed E-state index contributed by atoms with van der Waals surface area (Å²) in [7, 11) is 0. The molecule has 0 bridgehead atoms. The Morgan fingerprint density at radius 2 is 2.15 bits per heavy atom. The Kier molecular flexibility index (Phi) is 3.46. The first-order chi connectivity index (χ1) is 9.83. The van der Waals surface area contributed by atoms with Crippen LogP contribution in [0, 0.1) is 0 Å². The molecule has 3 aromatic rings. The molecule has 0 fully saturated rings. The Morgan fingerprint density at radius 3 is 2.90 bits per heavy atom. The number of hydrogen-bond donors (Lipinski definition) is 2. The largest absolute Gasteiger partial charge is 0.343 e. The summed E-state index contributed by atoms with van der Waals surface area (Å²) in [5.74, 6) is 0.171. The van der Waals surface area contributed by atoms with Gasteiger partial charge in [-0.05, 0) is 0 Å². The van der Waals surface area contributed by atoms with E-state index in [1.54, 1.807) is 5.38 Å². The number of thiazole rings is 1. The van der Waals surface area contributed by atoms with E-state index in [1.165, 1.54) is 11.3 Å². The van der Waals surface area contributed by atoms with Crippen molar-refractivity contribution < 1.29 is 4.79 Å². The molecule has 0 unspecified atom stereocenters. The Balaban J connectivity index is 1.69. The number of hydrogen-bond acceptors (Lipinski definition) is 6. The summed E-state index contributed by atoms with van der Waals surface area (Å²) < 4.78 is 0. The van der Waals surface area contributed by atoms with Crippen LogP contribution in [0.15, 0.2) is 35.7 Å². The third-order valence-electron chi connectivity index (χ3n) is 2.55. The predicted molar refractivity (Wildman–Crippen MR) is 72.9 cm³/mol. The van der Waals surface area contributed by atoms with Gasteiger partial charge in [-0.3, -0.25) is 4.79 Å². The van der Waals surface area contributed by atoms with Crippen molar-refractivity contribution in [2.75, 3.05) is 0 Å². The lowest BCUT2D eigenvalue weighted by Crippen LogP contribution is -2.23. The maximum atomic E-state index is 11.9. The van der Waals surface area contributed by atoms with Gasteiger partial charge in [-0.25, -0.2) is 4.98 Å². The number of H-pyrrole nitrogens is 1. The van der Waals surface area contributed by atoms with Gasteiger partial charge in [-0.1, -0.05) is 35.5 Å². The zero-order chi connectivity index (χ0) is 13.8. The fourth-order valence-electron chi connectivity index (χ4n) is 1.60. The number of amides is 1. The first-order valence-corrected chi connectivity index (χ1v) is 6.72. The zero-order valence-corrected chi connectivity index (χ0v) is 11.1. The number of carbonyl (C=O) groups excluding carboxylic acids is 1. The average molecular weight is 286 g/mol. The number of carbonyl (C=O) groups is 1. The summed E-state index contributed by atoms with van der Waals surface area (Å²) in [5, 5.41) is 18.5. The van der Waals surface area contributed by atoms with Gasteiger partial charge >= 0.3 is 0 Å². The van der Waals surface area contributed by atoms with Crippen molar-refractivity contribution in [3.8, 4) is 10.6 Å². The Labute approximate surface area is 118 Å². The smallest absolute Gasteiger partial charge is 0.271 e. The molecular weight excluding hydrogens is 276 g/mol. The minimum atomic E-state index is -0.256. The van der Waals surface area contributed by atoms with Gasteiger partial charge in [-0.15, -0.1) is 21.5 Å². The first-order valence-electron chi connectivity index (χ1n) is 5.84. The fraction of sp³-hybridized carbons (Fsp3) is 0.0833. The Hall–Kier alpha value is -2.61. The van der Waals surface area contributed by atoms with Gasteiger partial charge in [0.15, 0.2) is 5.82 Å². The van der Waals surface area contributed by atoms with Crippen molar-refractivity contribution in [1.29, 1.82) is 0 Å². The van der Waals surface area contributed by atoms with E-state index >= 15 is 0 Å². The maximum Gasteiger partial charge on any atom is 0.271 e. The van der Waals surface area contributed by atoms with Gasteiger partial charge in [0.05, 0.1) is 6.54 Å². The molecule has 3 rings (SSSR count). The molecule has 8 heteroatoms. The van der Waals surface area contributed by atoms with Crippen LogP contribution in [0.3, 0.4) is 0 Å². The standard InChI is InChI=1S/C12H10N6OS/c19-11(13-6-10-15-17-18-16-10)9-7-20-12(14-9)8-4-2-1-3-5-8/h1-5,7H,6H2,(H,13,19)(H,15,16,17,18). The van der Waals surface area contributed by atoms with Crippen LogP contribution in [-0.4, -0.2) is 31.5 Å². The molecule has 0 aliphatic heterocycles. The van der Waals surface area contributed by atoms with Crippen molar-refractivity contribution >= 4 is 17.2 Å². The zero-order valence-electron chi connectivity index (χ0n) is 10.3. The number of tetrazole rings is 1. The average Bonchev–Trinajstić information content (AvgIpc) is 3.17. The van der Waals surface area contributed by atoms with Crippen molar-refractivity contribution in [2.24, 2.45) is 0 Å². The normalized spacial score (nSPS) is 10.4. The second kappa shape index (κ2) is 5.57. The highest BCUT2D eigenvalue weighted by Gasteiger charge is 2.12. The maximum absolute atomic E-state index is 11.9. The quantitative estimate of drug-likeness (QED) is 0.752. The van der Waals surface area contributed by atoms with E-state index in [2.05, 4.69) is 30.9 Å². The van der Waals surface area contributed by atoms with Crippen LogP contribution in [0.5, 0.6) is 0 Å². The Morgan fingerprint density at radius 1 is 1.30 bits per heavy atom. The SMILES string of the molecule is O=C(NCc1nn[nH]n1)c1csc(-c2ccccc2)n1. The lowest BCUT2D eigenvalue weighted by Gasteiger charge is -1.98. The van der Waals surface area contributed by atoms with Crippen molar-refractivity contribution in [3.05, 3.63) is 47.2 Å². The number of aromatic amines is 1.